The Labute approximate surface area is 240 Å². The highest BCUT2D eigenvalue weighted by molar-refractivity contribution is 7.94. The molecule has 0 radical (unpaired) electrons. The number of sulfonamides is 1. The third-order valence-corrected chi connectivity index (χ3v) is 10.5. The summed E-state index contributed by atoms with van der Waals surface area (Å²) in [7, 11) is -12.1. The molecule has 1 saturated heterocycles. The van der Waals surface area contributed by atoms with Gasteiger partial charge in [0.05, 0.1) is 36.9 Å². The Morgan fingerprint density at radius 3 is 1.48 bits per heavy atom. The van der Waals surface area contributed by atoms with Gasteiger partial charge in [-0.15, -0.1) is 0 Å². The van der Waals surface area contributed by atoms with E-state index in [1.54, 1.807) is 0 Å². The predicted molar refractivity (Wildman–Crippen MR) is 126 cm³/mol. The van der Waals surface area contributed by atoms with Gasteiger partial charge >= 0.3 is 0 Å². The molecule has 0 aliphatic carbocycles. The summed E-state index contributed by atoms with van der Waals surface area (Å²) in [5.74, 6) is 0. The van der Waals surface area contributed by atoms with Gasteiger partial charge in [-0.25, -0.2) is 16.8 Å². The van der Waals surface area contributed by atoms with Crippen molar-refractivity contribution < 1.29 is 62.5 Å². The van der Waals surface area contributed by atoms with Crippen molar-refractivity contribution in [3.63, 3.8) is 0 Å². The zero-order valence-corrected chi connectivity index (χ0v) is 22.7. The monoisotopic (exact) mass is 688 g/mol. The van der Waals surface area contributed by atoms with E-state index in [0.29, 0.717) is 48.5 Å². The van der Waals surface area contributed by atoms with E-state index in [0.717, 1.165) is 0 Å². The Kier molecular flexibility index (Phi) is 9.80. The number of hydrogen-bond donors (Lipinski definition) is 1. The van der Waals surface area contributed by atoms with Gasteiger partial charge in [-0.05, 0) is 24.3 Å². The maximum absolute atomic E-state index is 14.5. The second kappa shape index (κ2) is 12.4. The van der Waals surface area contributed by atoms with Gasteiger partial charge in [0, 0.05) is 48.0 Å². The van der Waals surface area contributed by atoms with Crippen molar-refractivity contribution in [3.8, 4) is 0 Å². The lowest BCUT2D eigenvalue weighted by atomic mass is 10.1. The van der Waals surface area contributed by atoms with Gasteiger partial charge in [0.25, 0.3) is 11.4 Å². The molecule has 16 nitrogen and oxygen atoms in total. The molecule has 0 aromatic heterocycles. The Hall–Kier alpha value is -3.66. The van der Waals surface area contributed by atoms with Crippen molar-refractivity contribution in [2.45, 2.75) is 26.5 Å². The second-order valence-corrected chi connectivity index (χ2v) is 12.7. The molecule has 3 rings (SSSR count). The van der Waals surface area contributed by atoms with Gasteiger partial charge in [-0.2, -0.15) is 4.31 Å². The summed E-state index contributed by atoms with van der Waals surface area (Å²) < 4.78 is 169. The molecule has 2 aromatic carbocycles. The Bertz CT molecular complexity index is 1590. The van der Waals surface area contributed by atoms with Crippen LogP contribution in [0.1, 0.15) is 0 Å². The largest absolute Gasteiger partial charge is 0.309 e. The van der Waals surface area contributed by atoms with Crippen molar-refractivity contribution >= 4 is 31.2 Å². The van der Waals surface area contributed by atoms with E-state index in [4.69, 9.17) is 0 Å². The molecule has 44 heavy (non-hydrogen) atoms. The number of nitrogens with zero attached hydrogens (tertiary/aromatic N) is 7. The fraction of sp³-hybridized carbons (Fsp3) is 0.333. The summed E-state index contributed by atoms with van der Waals surface area (Å²) in [6, 6.07) is 3.08. The summed E-state index contributed by atoms with van der Waals surface area (Å²) in [6.45, 7) is -6.63. The molecule has 244 valence electrons. The molecule has 1 aliphatic rings. The van der Waals surface area contributed by atoms with E-state index < -0.39 is 113 Å². The van der Waals surface area contributed by atoms with E-state index in [-0.39, 0.29) is 0 Å². The molecule has 1 unspecified atom stereocenters. The molecule has 0 amide bonds. The molecule has 0 saturated carbocycles. The molecule has 0 bridgehead atoms. The fourth-order valence-corrected chi connectivity index (χ4v) is 8.28. The van der Waals surface area contributed by atoms with Crippen LogP contribution in [0.3, 0.4) is 0 Å². The topological polar surface area (TPSA) is 183 Å². The predicted octanol–water partition coefficient (Wildman–Crippen LogP) is 2.57. The number of hydrogen-bond acceptors (Lipinski definition) is 13. The highest BCUT2D eigenvalue weighted by Crippen LogP contribution is 2.42. The maximum Gasteiger partial charge on any atom is 0.269 e. The SMILES string of the molecule is O=[N+]([O-])c1ccc(S(=O)(=O)C2N(S(=O)(=O)c3ccc([N+](=O)[O-])cc3)CC(N(F)F)(N(F)F)CNCC2(N(F)F)N(F)F)cc1. The third-order valence-electron chi connectivity index (χ3n) is 6.40. The van der Waals surface area contributed by atoms with Crippen LogP contribution in [0.2, 0.25) is 0 Å². The molecule has 1 fully saturated rings. The van der Waals surface area contributed by atoms with E-state index in [1.165, 1.54) is 5.32 Å². The molecule has 1 atom stereocenters. The number of benzene rings is 2. The van der Waals surface area contributed by atoms with Gasteiger partial charge in [0.15, 0.2) is 15.2 Å². The number of non-ortho nitro benzene ring substituents is 2. The molecule has 26 heteroatoms. The first-order valence-electron chi connectivity index (χ1n) is 11.2. The molecule has 2 aromatic rings. The van der Waals surface area contributed by atoms with Gasteiger partial charge in [-0.3, -0.25) is 20.2 Å². The van der Waals surface area contributed by atoms with Crippen LogP contribution < -0.4 is 5.32 Å². The number of rotatable bonds is 10. The van der Waals surface area contributed by atoms with Crippen LogP contribution in [0.25, 0.3) is 0 Å². The lowest BCUT2D eigenvalue weighted by Gasteiger charge is -2.48. The van der Waals surface area contributed by atoms with Gasteiger partial charge in [-0.1, -0.05) is 35.9 Å². The van der Waals surface area contributed by atoms with E-state index in [1.807, 2.05) is 0 Å². The summed E-state index contributed by atoms with van der Waals surface area (Å²) in [5.41, 5.74) is -10.5. The Morgan fingerprint density at radius 1 is 0.705 bits per heavy atom. The number of nitro benzene ring substituents is 2. The van der Waals surface area contributed by atoms with Crippen molar-refractivity contribution in [2.24, 2.45) is 0 Å². The minimum absolute atomic E-state index is 0.309. The highest BCUT2D eigenvalue weighted by atomic mass is 32.2. The van der Waals surface area contributed by atoms with E-state index in [9.17, 15) is 72.9 Å². The Balaban J connectivity index is 2.48. The first-order chi connectivity index (χ1) is 20.3. The van der Waals surface area contributed by atoms with Crippen molar-refractivity contribution in [3.05, 3.63) is 68.8 Å². The van der Waals surface area contributed by atoms with Crippen LogP contribution in [0.15, 0.2) is 58.3 Å². The van der Waals surface area contributed by atoms with Crippen molar-refractivity contribution in [1.82, 2.24) is 31.0 Å². The van der Waals surface area contributed by atoms with Crippen LogP contribution >= 0.6 is 0 Å². The van der Waals surface area contributed by atoms with Gasteiger partial charge in [0.2, 0.25) is 21.3 Å². The molecule has 1 N–H and O–H groups in total. The number of nitrogens with one attached hydrogen (secondary N) is 1. The first kappa shape index (κ1) is 34.8. The summed E-state index contributed by atoms with van der Waals surface area (Å²) in [6.07, 6.45) is 0. The quantitative estimate of drug-likeness (QED) is 0.127. The van der Waals surface area contributed by atoms with Crippen LogP contribution in [-0.4, -0.2) is 88.7 Å². The first-order valence-corrected chi connectivity index (χ1v) is 14.2. The average Bonchev–Trinajstić information content (AvgIpc) is 2.92. The molecule has 0 spiro atoms. The fourth-order valence-electron chi connectivity index (χ4n) is 4.16. The van der Waals surface area contributed by atoms with Crippen molar-refractivity contribution in [1.29, 1.82) is 0 Å². The minimum atomic E-state index is -6.10. The third kappa shape index (κ3) is 5.88. The zero-order valence-electron chi connectivity index (χ0n) is 21.1. The van der Waals surface area contributed by atoms with E-state index in [2.05, 4.69) is 0 Å². The number of sulfone groups is 1. The van der Waals surface area contributed by atoms with E-state index >= 15 is 0 Å². The van der Waals surface area contributed by atoms with Crippen LogP contribution in [0, 0.1) is 20.2 Å². The average molecular weight is 688 g/mol. The lowest BCUT2D eigenvalue weighted by molar-refractivity contribution is -0.391. The minimum Gasteiger partial charge on any atom is -0.309 e. The molecule has 1 heterocycles. The molecular weight excluding hydrogens is 672 g/mol. The standard InChI is InChI=1S/C18H16F8N8O8S2/c19-31(20)17(32(21)22)9-27-10-18(33(23)24,34(25)26)16(43(39,40)14-5-1-12(2-6-14)29(35)36)28(11-17)44(41,42)15-7-3-13(4-8-15)30(37)38/h1-8,16,27H,9-11H2. The van der Waals surface area contributed by atoms with Crippen LogP contribution in [0.5, 0.6) is 0 Å². The maximum atomic E-state index is 14.5. The summed E-state index contributed by atoms with van der Waals surface area (Å²) >= 11 is 0. The molecular formula is C18H16F8N8O8S2. The Morgan fingerprint density at radius 2 is 1.11 bits per heavy atom. The second-order valence-electron chi connectivity index (χ2n) is 8.85. The highest BCUT2D eigenvalue weighted by Gasteiger charge is 2.67. The number of nitro groups is 2. The van der Waals surface area contributed by atoms with Gasteiger partial charge in [0.1, 0.15) is 0 Å². The lowest BCUT2D eigenvalue weighted by Crippen LogP contribution is -2.76. The summed E-state index contributed by atoms with van der Waals surface area (Å²) in [4.78, 5) is 17.2. The van der Waals surface area contributed by atoms with Crippen LogP contribution in [-0.2, 0) is 19.9 Å². The van der Waals surface area contributed by atoms with Crippen molar-refractivity contribution in [2.75, 3.05) is 19.6 Å². The molecule has 1 aliphatic heterocycles. The zero-order chi connectivity index (χ0) is 33.4. The summed E-state index contributed by atoms with van der Waals surface area (Å²) in [5, 5.41) is 9.80. The smallest absolute Gasteiger partial charge is 0.269 e. The number of halogens is 8. The normalized spacial score (nSPS) is 19.7. The van der Waals surface area contributed by atoms with Gasteiger partial charge < -0.3 is 5.32 Å². The van der Waals surface area contributed by atoms with Crippen LogP contribution in [0.4, 0.5) is 47.2 Å².